The minimum absolute atomic E-state index is 0.128. The second kappa shape index (κ2) is 6.15. The number of aromatic nitrogens is 1. The summed E-state index contributed by atoms with van der Waals surface area (Å²) in [5, 5.41) is 3.01. The average molecular weight is 261 g/mol. The number of rotatable bonds is 3. The van der Waals surface area contributed by atoms with E-state index in [2.05, 4.69) is 10.3 Å². The largest absolute Gasteiger partial charge is 0.330 e. The van der Waals surface area contributed by atoms with Gasteiger partial charge in [0.1, 0.15) is 0 Å². The summed E-state index contributed by atoms with van der Waals surface area (Å²) in [5.74, 6) is 0.861. The molecule has 104 valence electrons. The second-order valence-electron chi connectivity index (χ2n) is 5.53. The van der Waals surface area contributed by atoms with Crippen molar-refractivity contribution in [3.63, 3.8) is 0 Å². The van der Waals surface area contributed by atoms with Crippen LogP contribution in [-0.2, 0) is 4.79 Å². The Labute approximate surface area is 114 Å². The zero-order chi connectivity index (χ0) is 13.8. The Kier molecular flexibility index (Phi) is 4.53. The highest BCUT2D eigenvalue weighted by Gasteiger charge is 2.25. The monoisotopic (exact) mass is 261 g/mol. The Morgan fingerprint density at radius 3 is 2.58 bits per heavy atom. The van der Waals surface area contributed by atoms with E-state index in [0.29, 0.717) is 5.92 Å². The van der Waals surface area contributed by atoms with Crippen molar-refractivity contribution in [2.45, 2.75) is 39.5 Å². The molecule has 0 aliphatic heterocycles. The summed E-state index contributed by atoms with van der Waals surface area (Å²) < 4.78 is 0. The van der Waals surface area contributed by atoms with Gasteiger partial charge in [-0.3, -0.25) is 9.78 Å². The maximum absolute atomic E-state index is 12.2. The summed E-state index contributed by atoms with van der Waals surface area (Å²) in [4.78, 5) is 16.6. The van der Waals surface area contributed by atoms with Crippen LogP contribution in [0.5, 0.6) is 0 Å². The van der Waals surface area contributed by atoms with Crippen LogP contribution in [0.15, 0.2) is 12.1 Å². The third-order valence-electron chi connectivity index (χ3n) is 4.03. The first-order chi connectivity index (χ1) is 9.10. The molecule has 2 rings (SSSR count). The number of anilines is 1. The fraction of sp³-hybridized carbons (Fsp3) is 0.600. The molecule has 0 saturated heterocycles. The van der Waals surface area contributed by atoms with Gasteiger partial charge in [-0.2, -0.15) is 0 Å². The van der Waals surface area contributed by atoms with Gasteiger partial charge in [0.25, 0.3) is 0 Å². The fourth-order valence-electron chi connectivity index (χ4n) is 2.71. The number of nitrogens with one attached hydrogen (secondary N) is 1. The van der Waals surface area contributed by atoms with Gasteiger partial charge in [-0.1, -0.05) is 0 Å². The van der Waals surface area contributed by atoms with Crippen LogP contribution in [0.4, 0.5) is 5.69 Å². The summed E-state index contributed by atoms with van der Waals surface area (Å²) in [6.45, 7) is 4.62. The van der Waals surface area contributed by atoms with Crippen LogP contribution in [0.2, 0.25) is 0 Å². The lowest BCUT2D eigenvalue weighted by Crippen LogP contribution is -2.29. The highest BCUT2D eigenvalue weighted by molar-refractivity contribution is 5.93. The normalized spacial score (nSPS) is 23.1. The van der Waals surface area contributed by atoms with E-state index in [9.17, 15) is 4.79 Å². The van der Waals surface area contributed by atoms with E-state index in [1.54, 1.807) is 0 Å². The molecule has 1 aliphatic rings. The molecule has 1 aromatic heterocycles. The average Bonchev–Trinajstić information content (AvgIpc) is 2.42. The number of hydrogen-bond donors (Lipinski definition) is 2. The molecule has 0 unspecified atom stereocenters. The highest BCUT2D eigenvalue weighted by atomic mass is 16.1. The van der Waals surface area contributed by atoms with Crippen LogP contribution in [0.1, 0.15) is 37.1 Å². The number of nitrogens with zero attached hydrogens (tertiary/aromatic N) is 1. The summed E-state index contributed by atoms with van der Waals surface area (Å²) in [7, 11) is 0. The molecule has 0 radical (unpaired) electrons. The van der Waals surface area contributed by atoms with Crippen molar-refractivity contribution >= 4 is 11.6 Å². The van der Waals surface area contributed by atoms with Crippen molar-refractivity contribution in [1.29, 1.82) is 0 Å². The zero-order valence-electron chi connectivity index (χ0n) is 11.8. The van der Waals surface area contributed by atoms with E-state index >= 15 is 0 Å². The first kappa shape index (κ1) is 14.0. The number of nitrogens with two attached hydrogens (primary N) is 1. The van der Waals surface area contributed by atoms with Crippen molar-refractivity contribution in [1.82, 2.24) is 4.98 Å². The molecule has 0 spiro atoms. The number of hydrogen-bond acceptors (Lipinski definition) is 3. The topological polar surface area (TPSA) is 68.0 Å². The van der Waals surface area contributed by atoms with Crippen LogP contribution < -0.4 is 11.1 Å². The van der Waals surface area contributed by atoms with Crippen LogP contribution in [0.3, 0.4) is 0 Å². The van der Waals surface area contributed by atoms with Crippen molar-refractivity contribution in [3.05, 3.63) is 23.5 Å². The lowest BCUT2D eigenvalue weighted by atomic mass is 9.81. The molecule has 1 heterocycles. The minimum atomic E-state index is 0.128. The third kappa shape index (κ3) is 3.53. The zero-order valence-corrected chi connectivity index (χ0v) is 11.8. The summed E-state index contributed by atoms with van der Waals surface area (Å²) in [5.41, 5.74) is 8.35. The number of aryl methyl sites for hydroxylation is 2. The number of carbonyl (C=O) groups is 1. The van der Waals surface area contributed by atoms with Crippen LogP contribution in [-0.4, -0.2) is 17.4 Å². The van der Waals surface area contributed by atoms with Crippen LogP contribution in [0, 0.1) is 25.7 Å². The smallest absolute Gasteiger partial charge is 0.227 e. The maximum atomic E-state index is 12.2. The molecule has 1 aromatic rings. The molecule has 0 bridgehead atoms. The molecule has 4 nitrogen and oxygen atoms in total. The Hall–Kier alpha value is -1.42. The molecular weight excluding hydrogens is 238 g/mol. The minimum Gasteiger partial charge on any atom is -0.330 e. The Bertz CT molecular complexity index is 451. The van der Waals surface area contributed by atoms with E-state index in [-0.39, 0.29) is 11.8 Å². The predicted molar refractivity (Wildman–Crippen MR) is 76.8 cm³/mol. The molecule has 1 aliphatic carbocycles. The molecule has 19 heavy (non-hydrogen) atoms. The van der Waals surface area contributed by atoms with Gasteiger partial charge in [-0.15, -0.1) is 0 Å². The van der Waals surface area contributed by atoms with Crippen molar-refractivity contribution < 1.29 is 4.79 Å². The van der Waals surface area contributed by atoms with Gasteiger partial charge in [0.05, 0.1) is 11.4 Å². The van der Waals surface area contributed by atoms with Gasteiger partial charge in [0.15, 0.2) is 0 Å². The molecule has 1 saturated carbocycles. The van der Waals surface area contributed by atoms with Crippen LogP contribution in [0.25, 0.3) is 0 Å². The number of pyridine rings is 1. The molecule has 1 amide bonds. The second-order valence-corrected chi connectivity index (χ2v) is 5.53. The van der Waals surface area contributed by atoms with Gasteiger partial charge in [-0.05, 0) is 64.1 Å². The number of amides is 1. The molecule has 1 fully saturated rings. The van der Waals surface area contributed by atoms with E-state index in [0.717, 1.165) is 49.3 Å². The highest BCUT2D eigenvalue weighted by Crippen LogP contribution is 2.29. The first-order valence-electron chi connectivity index (χ1n) is 7.05. The first-order valence-corrected chi connectivity index (χ1v) is 7.05. The molecule has 3 N–H and O–H groups in total. The Balaban J connectivity index is 1.94. The lowest BCUT2D eigenvalue weighted by molar-refractivity contribution is -0.121. The summed E-state index contributed by atoms with van der Waals surface area (Å²) in [6.07, 6.45) is 4.04. The molecular formula is C15H23N3O. The van der Waals surface area contributed by atoms with Crippen molar-refractivity contribution in [3.8, 4) is 0 Å². The lowest BCUT2D eigenvalue weighted by Gasteiger charge is -2.26. The molecule has 4 heteroatoms. The third-order valence-corrected chi connectivity index (χ3v) is 4.03. The summed E-state index contributed by atoms with van der Waals surface area (Å²) >= 11 is 0. The van der Waals surface area contributed by atoms with E-state index in [1.165, 1.54) is 0 Å². The van der Waals surface area contributed by atoms with Crippen LogP contribution >= 0.6 is 0 Å². The van der Waals surface area contributed by atoms with Crippen molar-refractivity contribution in [2.24, 2.45) is 17.6 Å². The number of carbonyl (C=O) groups excluding carboxylic acids is 1. The van der Waals surface area contributed by atoms with Gasteiger partial charge < -0.3 is 11.1 Å². The predicted octanol–water partition coefficient (Wildman–Crippen LogP) is 2.40. The van der Waals surface area contributed by atoms with Gasteiger partial charge in [0.2, 0.25) is 5.91 Å². The Morgan fingerprint density at radius 1 is 1.32 bits per heavy atom. The molecule has 0 atom stereocenters. The van der Waals surface area contributed by atoms with Gasteiger partial charge in [0, 0.05) is 11.6 Å². The maximum Gasteiger partial charge on any atom is 0.227 e. The van der Waals surface area contributed by atoms with E-state index in [1.807, 2.05) is 26.0 Å². The fourth-order valence-corrected chi connectivity index (χ4v) is 2.71. The summed E-state index contributed by atoms with van der Waals surface area (Å²) in [6, 6.07) is 3.86. The molecule has 0 aromatic carbocycles. The quantitative estimate of drug-likeness (QED) is 0.878. The standard InChI is InChI=1S/C15H23N3O/c1-10-3-8-14(11(2)17-10)18-15(19)13-6-4-12(9-16)5-7-13/h3,8,12-13H,4-7,9,16H2,1-2H3,(H,18,19). The SMILES string of the molecule is Cc1ccc(NC(=O)C2CCC(CN)CC2)c(C)n1. The van der Waals surface area contributed by atoms with Gasteiger partial charge in [-0.25, -0.2) is 0 Å². The van der Waals surface area contributed by atoms with Gasteiger partial charge >= 0.3 is 0 Å². The van der Waals surface area contributed by atoms with E-state index < -0.39 is 0 Å². The van der Waals surface area contributed by atoms with E-state index in [4.69, 9.17) is 5.73 Å². The van der Waals surface area contributed by atoms with Crippen molar-refractivity contribution in [2.75, 3.05) is 11.9 Å². The Morgan fingerprint density at radius 2 is 2.00 bits per heavy atom.